The van der Waals surface area contributed by atoms with E-state index < -0.39 is 0 Å². The molecule has 78 valence electrons. The number of H-pyrrole nitrogens is 1. The van der Waals surface area contributed by atoms with Crippen LogP contribution >= 0.6 is 0 Å². The lowest BCUT2D eigenvalue weighted by molar-refractivity contribution is -0.120. The molecule has 0 aliphatic carbocycles. The Hall–Kier alpha value is -1.46. The van der Waals surface area contributed by atoms with Gasteiger partial charge in [-0.3, -0.25) is 4.79 Å². The third kappa shape index (κ3) is 3.97. The van der Waals surface area contributed by atoms with Gasteiger partial charge in [-0.25, -0.2) is 0 Å². The standard InChI is InChI=1S/C8H15N5O/c1-6(2)3-4-9-8(14)5-7-10-12-13-11-7/h6H,3-5H2,1-2H3,(H,9,14)(H,10,11,12,13). The van der Waals surface area contributed by atoms with Crippen molar-refractivity contribution in [3.63, 3.8) is 0 Å². The van der Waals surface area contributed by atoms with E-state index in [2.05, 4.69) is 39.8 Å². The van der Waals surface area contributed by atoms with Crippen LogP contribution in [-0.4, -0.2) is 33.1 Å². The van der Waals surface area contributed by atoms with Gasteiger partial charge in [0.05, 0.1) is 6.42 Å². The third-order valence-electron chi connectivity index (χ3n) is 1.75. The first-order chi connectivity index (χ1) is 6.68. The summed E-state index contributed by atoms with van der Waals surface area (Å²) in [5.74, 6) is 0.958. The Balaban J connectivity index is 2.17. The third-order valence-corrected chi connectivity index (χ3v) is 1.75. The van der Waals surface area contributed by atoms with Gasteiger partial charge in [0.1, 0.15) is 0 Å². The molecule has 6 heteroatoms. The van der Waals surface area contributed by atoms with E-state index in [4.69, 9.17) is 0 Å². The van der Waals surface area contributed by atoms with Crippen LogP contribution in [0.4, 0.5) is 0 Å². The second kappa shape index (κ2) is 5.31. The molecule has 14 heavy (non-hydrogen) atoms. The van der Waals surface area contributed by atoms with Crippen molar-refractivity contribution in [3.8, 4) is 0 Å². The minimum absolute atomic E-state index is 0.0629. The van der Waals surface area contributed by atoms with Gasteiger partial charge in [0.25, 0.3) is 0 Å². The molecule has 0 spiro atoms. The molecule has 1 amide bonds. The Morgan fingerprint density at radius 1 is 1.57 bits per heavy atom. The molecule has 0 aliphatic heterocycles. The Bertz CT molecular complexity index is 269. The molecule has 0 aromatic carbocycles. The number of aromatic amines is 1. The molecule has 2 N–H and O–H groups in total. The first-order valence-corrected chi connectivity index (χ1v) is 4.67. The summed E-state index contributed by atoms with van der Waals surface area (Å²) in [6.45, 7) is 4.94. The van der Waals surface area contributed by atoms with Crippen LogP contribution < -0.4 is 5.32 Å². The Morgan fingerprint density at radius 3 is 2.93 bits per heavy atom. The average molecular weight is 197 g/mol. The van der Waals surface area contributed by atoms with Crippen molar-refractivity contribution in [3.05, 3.63) is 5.82 Å². The van der Waals surface area contributed by atoms with Gasteiger partial charge < -0.3 is 5.32 Å². The summed E-state index contributed by atoms with van der Waals surface area (Å²) in [5, 5.41) is 15.8. The van der Waals surface area contributed by atoms with Crippen molar-refractivity contribution in [2.24, 2.45) is 5.92 Å². The number of nitrogens with one attached hydrogen (secondary N) is 2. The quantitative estimate of drug-likeness (QED) is 0.690. The Kier molecular flexibility index (Phi) is 4.03. The lowest BCUT2D eigenvalue weighted by Gasteiger charge is -2.05. The summed E-state index contributed by atoms with van der Waals surface area (Å²) in [7, 11) is 0. The normalized spacial score (nSPS) is 10.5. The fourth-order valence-corrected chi connectivity index (χ4v) is 0.964. The molecule has 0 atom stereocenters. The van der Waals surface area contributed by atoms with E-state index in [1.807, 2.05) is 0 Å². The monoisotopic (exact) mass is 197 g/mol. The zero-order chi connectivity index (χ0) is 10.4. The summed E-state index contributed by atoms with van der Waals surface area (Å²) < 4.78 is 0. The molecule has 6 nitrogen and oxygen atoms in total. The lowest BCUT2D eigenvalue weighted by Crippen LogP contribution is -2.27. The van der Waals surface area contributed by atoms with E-state index in [0.717, 1.165) is 6.42 Å². The zero-order valence-electron chi connectivity index (χ0n) is 8.45. The van der Waals surface area contributed by atoms with Crippen LogP contribution in [0.2, 0.25) is 0 Å². The Labute approximate surface area is 82.5 Å². The predicted molar refractivity (Wildman–Crippen MR) is 50.3 cm³/mol. The largest absolute Gasteiger partial charge is 0.356 e. The fourth-order valence-electron chi connectivity index (χ4n) is 0.964. The van der Waals surface area contributed by atoms with Crippen LogP contribution in [0.25, 0.3) is 0 Å². The van der Waals surface area contributed by atoms with Crippen molar-refractivity contribution >= 4 is 5.91 Å². The number of hydrogen-bond donors (Lipinski definition) is 2. The van der Waals surface area contributed by atoms with Crippen molar-refractivity contribution in [2.75, 3.05) is 6.54 Å². The molecular formula is C8H15N5O. The van der Waals surface area contributed by atoms with Gasteiger partial charge in [-0.2, -0.15) is 5.21 Å². The van der Waals surface area contributed by atoms with Crippen molar-refractivity contribution in [1.82, 2.24) is 25.9 Å². The van der Waals surface area contributed by atoms with Gasteiger partial charge in [0, 0.05) is 6.54 Å². The van der Waals surface area contributed by atoms with E-state index in [0.29, 0.717) is 18.3 Å². The molecular weight excluding hydrogens is 182 g/mol. The first-order valence-electron chi connectivity index (χ1n) is 4.67. The highest BCUT2D eigenvalue weighted by Crippen LogP contribution is 1.96. The summed E-state index contributed by atoms with van der Waals surface area (Å²) >= 11 is 0. The summed E-state index contributed by atoms with van der Waals surface area (Å²) in [5.41, 5.74) is 0. The van der Waals surface area contributed by atoms with Crippen molar-refractivity contribution in [2.45, 2.75) is 26.7 Å². The maximum Gasteiger partial charge on any atom is 0.227 e. The molecule has 1 rings (SSSR count). The highest BCUT2D eigenvalue weighted by molar-refractivity contribution is 5.77. The molecule has 1 aromatic rings. The van der Waals surface area contributed by atoms with Crippen LogP contribution in [-0.2, 0) is 11.2 Å². The van der Waals surface area contributed by atoms with Gasteiger partial charge >= 0.3 is 0 Å². The van der Waals surface area contributed by atoms with Gasteiger partial charge in [-0.05, 0) is 12.3 Å². The zero-order valence-corrected chi connectivity index (χ0v) is 8.45. The second-order valence-corrected chi connectivity index (χ2v) is 3.54. The van der Waals surface area contributed by atoms with Crippen LogP contribution in [0.15, 0.2) is 0 Å². The number of carbonyl (C=O) groups excluding carboxylic acids is 1. The number of amides is 1. The Morgan fingerprint density at radius 2 is 2.36 bits per heavy atom. The van der Waals surface area contributed by atoms with Gasteiger partial charge in [0.2, 0.25) is 5.91 Å². The van der Waals surface area contributed by atoms with E-state index in [1.165, 1.54) is 0 Å². The van der Waals surface area contributed by atoms with E-state index in [9.17, 15) is 4.79 Å². The smallest absolute Gasteiger partial charge is 0.227 e. The van der Waals surface area contributed by atoms with Crippen molar-refractivity contribution < 1.29 is 4.79 Å². The highest BCUT2D eigenvalue weighted by atomic mass is 16.1. The maximum absolute atomic E-state index is 11.3. The number of nitrogens with zero attached hydrogens (tertiary/aromatic N) is 3. The first kappa shape index (κ1) is 10.6. The number of aromatic nitrogens is 4. The number of rotatable bonds is 5. The van der Waals surface area contributed by atoms with Gasteiger partial charge in [-0.1, -0.05) is 19.1 Å². The molecule has 0 fully saturated rings. The van der Waals surface area contributed by atoms with Crippen LogP contribution in [0, 0.1) is 5.92 Å². The average Bonchev–Trinajstić information content (AvgIpc) is 2.56. The van der Waals surface area contributed by atoms with Crippen LogP contribution in [0.1, 0.15) is 26.1 Å². The molecule has 0 saturated carbocycles. The second-order valence-electron chi connectivity index (χ2n) is 3.54. The molecule has 0 bridgehead atoms. The van der Waals surface area contributed by atoms with E-state index in [-0.39, 0.29) is 12.3 Å². The van der Waals surface area contributed by atoms with Gasteiger partial charge in [-0.15, -0.1) is 10.2 Å². The minimum Gasteiger partial charge on any atom is -0.356 e. The molecule has 1 aromatic heterocycles. The van der Waals surface area contributed by atoms with E-state index >= 15 is 0 Å². The van der Waals surface area contributed by atoms with Gasteiger partial charge in [0.15, 0.2) is 5.82 Å². The molecule has 0 aliphatic rings. The predicted octanol–water partition coefficient (Wildman–Crippen LogP) is -0.0955. The molecule has 0 radical (unpaired) electrons. The van der Waals surface area contributed by atoms with Crippen LogP contribution in [0.5, 0.6) is 0 Å². The number of hydrogen-bond acceptors (Lipinski definition) is 4. The maximum atomic E-state index is 11.3. The fraction of sp³-hybridized carbons (Fsp3) is 0.750. The van der Waals surface area contributed by atoms with E-state index in [1.54, 1.807) is 0 Å². The summed E-state index contributed by atoms with van der Waals surface area (Å²) in [4.78, 5) is 11.3. The molecule has 0 unspecified atom stereocenters. The van der Waals surface area contributed by atoms with Crippen molar-refractivity contribution in [1.29, 1.82) is 0 Å². The number of tetrazole rings is 1. The highest BCUT2D eigenvalue weighted by Gasteiger charge is 2.06. The minimum atomic E-state index is -0.0629. The number of carbonyl (C=O) groups is 1. The summed E-state index contributed by atoms with van der Waals surface area (Å²) in [6.07, 6.45) is 1.17. The topological polar surface area (TPSA) is 83.6 Å². The SMILES string of the molecule is CC(C)CCNC(=O)Cc1nn[nH]n1. The molecule has 1 heterocycles. The molecule has 0 saturated heterocycles. The lowest BCUT2D eigenvalue weighted by atomic mass is 10.1. The summed E-state index contributed by atoms with van der Waals surface area (Å²) in [6, 6.07) is 0. The van der Waals surface area contributed by atoms with Crippen LogP contribution in [0.3, 0.4) is 0 Å².